The Morgan fingerprint density at radius 2 is 2.08 bits per heavy atom. The molecular weight excluding hydrogens is 356 g/mol. The Morgan fingerprint density at radius 3 is 2.81 bits per heavy atom. The molecule has 7 nitrogen and oxygen atoms in total. The van der Waals surface area contributed by atoms with Crippen LogP contribution >= 0.6 is 11.6 Å². The summed E-state index contributed by atoms with van der Waals surface area (Å²) in [4.78, 5) is 22.5. The van der Waals surface area contributed by atoms with E-state index < -0.39 is 0 Å². The standard InChI is InChI=1S/C18H15ClN4O3/c1-25-15-3-2-13(9-14(15)19)23-10-12(8-16(23)24)18-21-17(22-26-18)11-4-6-20-7-5-11/h2-7,9,12H,8,10H2,1H3/t12-/m0/s1. The fraction of sp³-hybridized carbons (Fsp3) is 0.222. The lowest BCUT2D eigenvalue weighted by Gasteiger charge is -2.17. The molecule has 1 saturated heterocycles. The number of ether oxygens (including phenoxy) is 1. The molecule has 1 aliphatic heterocycles. The first-order valence-electron chi connectivity index (χ1n) is 8.03. The van der Waals surface area contributed by atoms with Crippen LogP contribution in [0.5, 0.6) is 5.75 Å². The maximum absolute atomic E-state index is 12.5. The average Bonchev–Trinajstić information content (AvgIpc) is 3.29. The van der Waals surface area contributed by atoms with E-state index in [1.165, 1.54) is 0 Å². The quantitative estimate of drug-likeness (QED) is 0.700. The van der Waals surface area contributed by atoms with E-state index >= 15 is 0 Å². The zero-order valence-corrected chi connectivity index (χ0v) is 14.7. The van der Waals surface area contributed by atoms with Gasteiger partial charge in [-0.3, -0.25) is 9.78 Å². The van der Waals surface area contributed by atoms with Crippen molar-refractivity contribution in [2.45, 2.75) is 12.3 Å². The summed E-state index contributed by atoms with van der Waals surface area (Å²) in [6, 6.07) is 8.88. The van der Waals surface area contributed by atoms with Crippen LogP contribution in [0.25, 0.3) is 11.4 Å². The Balaban J connectivity index is 1.55. The Morgan fingerprint density at radius 1 is 1.27 bits per heavy atom. The van der Waals surface area contributed by atoms with E-state index in [1.54, 1.807) is 54.7 Å². The van der Waals surface area contributed by atoms with Gasteiger partial charge in [0.1, 0.15) is 5.75 Å². The third-order valence-electron chi connectivity index (χ3n) is 4.30. The monoisotopic (exact) mass is 370 g/mol. The molecule has 0 spiro atoms. The van der Waals surface area contributed by atoms with Crippen LogP contribution in [0.4, 0.5) is 5.69 Å². The van der Waals surface area contributed by atoms with Crippen LogP contribution in [0.15, 0.2) is 47.2 Å². The SMILES string of the molecule is COc1ccc(N2C[C@@H](c3nc(-c4ccncc4)no3)CC2=O)cc1Cl. The molecule has 0 unspecified atom stereocenters. The number of rotatable bonds is 4. The molecular formula is C18H15ClN4O3. The first kappa shape index (κ1) is 16.5. The summed E-state index contributed by atoms with van der Waals surface area (Å²) in [5.74, 6) is 1.33. The predicted molar refractivity (Wildman–Crippen MR) is 95.2 cm³/mol. The van der Waals surface area contributed by atoms with E-state index in [-0.39, 0.29) is 11.8 Å². The zero-order chi connectivity index (χ0) is 18.1. The van der Waals surface area contributed by atoms with Gasteiger partial charge in [-0.1, -0.05) is 16.8 Å². The van der Waals surface area contributed by atoms with Crippen molar-refractivity contribution in [2.75, 3.05) is 18.6 Å². The number of hydrogen-bond acceptors (Lipinski definition) is 6. The van der Waals surface area contributed by atoms with Crippen LogP contribution in [-0.4, -0.2) is 34.7 Å². The fourth-order valence-corrected chi connectivity index (χ4v) is 3.22. The van der Waals surface area contributed by atoms with Crippen molar-refractivity contribution in [1.82, 2.24) is 15.1 Å². The smallest absolute Gasteiger partial charge is 0.232 e. The molecule has 26 heavy (non-hydrogen) atoms. The van der Waals surface area contributed by atoms with Gasteiger partial charge in [0.25, 0.3) is 0 Å². The van der Waals surface area contributed by atoms with E-state index in [2.05, 4.69) is 15.1 Å². The Bertz CT molecular complexity index is 945. The number of carbonyl (C=O) groups excluding carboxylic acids is 1. The first-order chi connectivity index (χ1) is 12.7. The first-order valence-corrected chi connectivity index (χ1v) is 8.41. The molecule has 1 aromatic carbocycles. The molecule has 1 amide bonds. The third-order valence-corrected chi connectivity index (χ3v) is 4.60. The van der Waals surface area contributed by atoms with Crippen molar-refractivity contribution >= 4 is 23.2 Å². The van der Waals surface area contributed by atoms with Gasteiger partial charge in [-0.05, 0) is 30.3 Å². The minimum Gasteiger partial charge on any atom is -0.495 e. The molecule has 132 valence electrons. The number of benzene rings is 1. The van der Waals surface area contributed by atoms with Crippen LogP contribution in [-0.2, 0) is 4.79 Å². The number of anilines is 1. The van der Waals surface area contributed by atoms with Gasteiger partial charge in [-0.2, -0.15) is 4.98 Å². The molecule has 0 N–H and O–H groups in total. The number of carbonyl (C=O) groups is 1. The molecule has 3 aromatic rings. The number of amides is 1. The second-order valence-electron chi connectivity index (χ2n) is 5.92. The lowest BCUT2D eigenvalue weighted by molar-refractivity contribution is -0.117. The maximum Gasteiger partial charge on any atom is 0.232 e. The van der Waals surface area contributed by atoms with Gasteiger partial charge >= 0.3 is 0 Å². The van der Waals surface area contributed by atoms with Crippen LogP contribution in [0, 0.1) is 0 Å². The summed E-state index contributed by atoms with van der Waals surface area (Å²) in [7, 11) is 1.55. The zero-order valence-electron chi connectivity index (χ0n) is 13.9. The number of nitrogens with zero attached hydrogens (tertiary/aromatic N) is 4. The number of aromatic nitrogens is 3. The second-order valence-corrected chi connectivity index (χ2v) is 6.32. The van der Waals surface area contributed by atoms with Gasteiger partial charge in [0.2, 0.25) is 17.6 Å². The van der Waals surface area contributed by atoms with Gasteiger partial charge in [0, 0.05) is 36.6 Å². The van der Waals surface area contributed by atoms with Crippen molar-refractivity contribution in [3.05, 3.63) is 53.6 Å². The van der Waals surface area contributed by atoms with Crippen molar-refractivity contribution in [3.8, 4) is 17.1 Å². The van der Waals surface area contributed by atoms with Gasteiger partial charge in [-0.25, -0.2) is 0 Å². The molecule has 1 aliphatic rings. The lowest BCUT2D eigenvalue weighted by atomic mass is 10.1. The van der Waals surface area contributed by atoms with Crippen LogP contribution in [0.3, 0.4) is 0 Å². The molecule has 8 heteroatoms. The predicted octanol–water partition coefficient (Wildman–Crippen LogP) is 3.31. The fourth-order valence-electron chi connectivity index (χ4n) is 2.96. The summed E-state index contributed by atoms with van der Waals surface area (Å²) >= 11 is 6.17. The van der Waals surface area contributed by atoms with E-state index in [0.29, 0.717) is 35.5 Å². The highest BCUT2D eigenvalue weighted by atomic mass is 35.5. The van der Waals surface area contributed by atoms with Crippen LogP contribution in [0.2, 0.25) is 5.02 Å². The van der Waals surface area contributed by atoms with Crippen molar-refractivity contribution in [2.24, 2.45) is 0 Å². The van der Waals surface area contributed by atoms with Gasteiger partial charge in [0.05, 0.1) is 18.1 Å². The van der Waals surface area contributed by atoms with Crippen molar-refractivity contribution < 1.29 is 14.1 Å². The molecule has 1 fully saturated rings. The summed E-state index contributed by atoms with van der Waals surface area (Å²) < 4.78 is 10.5. The lowest BCUT2D eigenvalue weighted by Crippen LogP contribution is -2.24. The van der Waals surface area contributed by atoms with E-state index in [1.807, 2.05) is 0 Å². The summed E-state index contributed by atoms with van der Waals surface area (Å²) in [6.45, 7) is 0.458. The Labute approximate surface area is 154 Å². The highest BCUT2D eigenvalue weighted by Crippen LogP contribution is 2.35. The van der Waals surface area contributed by atoms with Gasteiger partial charge < -0.3 is 14.2 Å². The number of pyridine rings is 1. The minimum absolute atomic E-state index is 0.0140. The summed E-state index contributed by atoms with van der Waals surface area (Å²) in [6.07, 6.45) is 3.64. The minimum atomic E-state index is -0.161. The van der Waals surface area contributed by atoms with E-state index in [4.69, 9.17) is 20.9 Å². The van der Waals surface area contributed by atoms with E-state index in [9.17, 15) is 4.79 Å². The number of halogens is 1. The number of methoxy groups -OCH3 is 1. The Hall–Kier alpha value is -2.93. The van der Waals surface area contributed by atoms with Crippen LogP contribution < -0.4 is 9.64 Å². The molecule has 4 rings (SSSR count). The molecule has 2 aromatic heterocycles. The third kappa shape index (κ3) is 3.01. The second kappa shape index (κ2) is 6.76. The highest BCUT2D eigenvalue weighted by Gasteiger charge is 2.35. The summed E-state index contributed by atoms with van der Waals surface area (Å²) in [5.41, 5.74) is 1.54. The maximum atomic E-state index is 12.5. The topological polar surface area (TPSA) is 81.3 Å². The number of hydrogen-bond donors (Lipinski definition) is 0. The van der Waals surface area contributed by atoms with Crippen LogP contribution in [0.1, 0.15) is 18.2 Å². The summed E-state index contributed by atoms with van der Waals surface area (Å²) in [5, 5.41) is 4.47. The molecule has 3 heterocycles. The largest absolute Gasteiger partial charge is 0.495 e. The normalized spacial score (nSPS) is 16.9. The average molecular weight is 371 g/mol. The highest BCUT2D eigenvalue weighted by molar-refractivity contribution is 6.32. The molecule has 1 atom stereocenters. The van der Waals surface area contributed by atoms with Crippen molar-refractivity contribution in [1.29, 1.82) is 0 Å². The van der Waals surface area contributed by atoms with Gasteiger partial charge in [0.15, 0.2) is 0 Å². The molecule has 0 saturated carbocycles. The van der Waals surface area contributed by atoms with Gasteiger partial charge in [-0.15, -0.1) is 0 Å². The molecule has 0 radical (unpaired) electrons. The Kier molecular flexibility index (Phi) is 4.30. The molecule has 0 aliphatic carbocycles. The van der Waals surface area contributed by atoms with Crippen molar-refractivity contribution in [3.63, 3.8) is 0 Å². The molecule has 0 bridgehead atoms. The van der Waals surface area contributed by atoms with E-state index in [0.717, 1.165) is 11.3 Å².